The van der Waals surface area contributed by atoms with Crippen LogP contribution in [-0.4, -0.2) is 51.3 Å². The Kier molecular flexibility index (Phi) is 10.8. The molecule has 0 aromatic heterocycles. The van der Waals surface area contributed by atoms with Gasteiger partial charge in [0.25, 0.3) is 5.91 Å². The third kappa shape index (κ3) is 7.43. The molecule has 1 aliphatic rings. The van der Waals surface area contributed by atoms with Gasteiger partial charge in [-0.1, -0.05) is 49.2 Å². The van der Waals surface area contributed by atoms with E-state index in [4.69, 9.17) is 33.0 Å². The van der Waals surface area contributed by atoms with Crippen molar-refractivity contribution >= 4 is 35.1 Å². The third-order valence-electron chi connectivity index (χ3n) is 5.49. The van der Waals surface area contributed by atoms with Crippen molar-refractivity contribution in [1.29, 1.82) is 0 Å². The van der Waals surface area contributed by atoms with Crippen LogP contribution in [0.5, 0.6) is 17.2 Å². The minimum absolute atomic E-state index is 0.00853. The number of phenols is 2. The van der Waals surface area contributed by atoms with Crippen LogP contribution < -0.4 is 4.74 Å². The largest absolute Gasteiger partial charge is 0.504 e. The average Bonchev–Trinajstić information content (AvgIpc) is 2.79. The lowest BCUT2D eigenvalue weighted by Crippen LogP contribution is -2.45. The summed E-state index contributed by atoms with van der Waals surface area (Å²) in [5, 5.41) is 28.4. The number of hydrogen-bond acceptors (Lipinski definition) is 5. The first-order valence-electron chi connectivity index (χ1n) is 11.3. The second-order valence-electron chi connectivity index (χ2n) is 8.04. The summed E-state index contributed by atoms with van der Waals surface area (Å²) in [7, 11) is 0. The number of carbonyl (C=O) groups is 2. The monoisotopic (exact) mass is 511 g/mol. The maximum atomic E-state index is 12.9. The van der Waals surface area contributed by atoms with E-state index in [1.54, 1.807) is 18.2 Å². The van der Waals surface area contributed by atoms with Gasteiger partial charge in [0.15, 0.2) is 23.9 Å². The van der Waals surface area contributed by atoms with Crippen LogP contribution in [0.1, 0.15) is 50.7 Å². The van der Waals surface area contributed by atoms with Gasteiger partial charge in [-0.2, -0.15) is 0 Å². The van der Waals surface area contributed by atoms with E-state index in [2.05, 4.69) is 0 Å². The molecule has 0 fully saturated rings. The zero-order chi connectivity index (χ0) is 25.3. The summed E-state index contributed by atoms with van der Waals surface area (Å²) in [4.78, 5) is 24.3. The SMILES string of the molecule is CCCC(=O)O.CCCN(C(=O)COc1c(Cl)cccc1Cl)C1CCc2c(ccc(O)c2O)C1. The number of carbonyl (C=O) groups excluding carboxylic acids is 1. The number of carboxylic acid groups (broad SMARTS) is 1. The number of hydrogen-bond donors (Lipinski definition) is 3. The van der Waals surface area contributed by atoms with E-state index in [-0.39, 0.29) is 30.1 Å². The summed E-state index contributed by atoms with van der Waals surface area (Å²) in [6.45, 7) is 4.33. The lowest BCUT2D eigenvalue weighted by atomic mass is 9.86. The summed E-state index contributed by atoms with van der Waals surface area (Å²) in [5.74, 6) is -0.693. The van der Waals surface area contributed by atoms with Crippen molar-refractivity contribution in [2.75, 3.05) is 13.2 Å². The number of aliphatic carboxylic acids is 1. The Morgan fingerprint density at radius 1 is 1.09 bits per heavy atom. The molecule has 0 spiro atoms. The molecule has 34 heavy (non-hydrogen) atoms. The maximum absolute atomic E-state index is 12.9. The van der Waals surface area contributed by atoms with Gasteiger partial charge in [-0.3, -0.25) is 9.59 Å². The van der Waals surface area contributed by atoms with Gasteiger partial charge in [-0.25, -0.2) is 0 Å². The number of aromatic hydroxyl groups is 2. The molecule has 0 aliphatic heterocycles. The molecule has 0 saturated heterocycles. The number of phenolic OH excluding ortho intramolecular Hbond substituents is 2. The zero-order valence-corrected chi connectivity index (χ0v) is 20.9. The second-order valence-corrected chi connectivity index (χ2v) is 8.85. The number of rotatable bonds is 8. The molecule has 1 amide bonds. The minimum atomic E-state index is -0.711. The van der Waals surface area contributed by atoms with Gasteiger partial charge in [-0.05, 0) is 55.9 Å². The number of benzene rings is 2. The lowest BCUT2D eigenvalue weighted by Gasteiger charge is -2.35. The number of ether oxygens (including phenoxy) is 1. The Morgan fingerprint density at radius 2 is 1.76 bits per heavy atom. The molecule has 2 aromatic rings. The summed E-state index contributed by atoms with van der Waals surface area (Å²) >= 11 is 12.2. The van der Waals surface area contributed by atoms with E-state index in [9.17, 15) is 19.8 Å². The highest BCUT2D eigenvalue weighted by Gasteiger charge is 2.29. The molecule has 1 aliphatic carbocycles. The molecule has 1 unspecified atom stereocenters. The predicted molar refractivity (Wildman–Crippen MR) is 132 cm³/mol. The standard InChI is InChI=1S/C21H23Cl2NO4.C4H8O2/c1-2-10-24(19(26)12-28-21-16(22)4-3-5-17(21)23)14-7-8-15-13(11-14)6-9-18(25)20(15)27;1-2-3-4(5)6/h3-6,9,14,25,27H,2,7-8,10-12H2,1H3;2-3H2,1H3,(H,5,6). The van der Waals surface area contributed by atoms with E-state index in [1.807, 2.05) is 24.8 Å². The van der Waals surface area contributed by atoms with E-state index < -0.39 is 5.97 Å². The highest BCUT2D eigenvalue weighted by molar-refractivity contribution is 6.37. The number of para-hydroxylation sites is 1. The molecule has 0 radical (unpaired) electrons. The maximum Gasteiger partial charge on any atom is 0.303 e. The van der Waals surface area contributed by atoms with E-state index in [1.165, 1.54) is 6.07 Å². The van der Waals surface area contributed by atoms with Gasteiger partial charge in [0.2, 0.25) is 0 Å². The number of nitrogens with zero attached hydrogens (tertiary/aromatic N) is 1. The second kappa shape index (κ2) is 13.3. The van der Waals surface area contributed by atoms with Crippen LogP contribution in [0.2, 0.25) is 10.0 Å². The molecule has 7 nitrogen and oxygen atoms in total. The quantitative estimate of drug-likeness (QED) is 0.406. The molecule has 0 heterocycles. The number of halogens is 2. The number of carboxylic acids is 1. The van der Waals surface area contributed by atoms with Gasteiger partial charge in [0.1, 0.15) is 0 Å². The zero-order valence-electron chi connectivity index (χ0n) is 19.4. The Bertz CT molecular complexity index is 977. The van der Waals surface area contributed by atoms with Crippen molar-refractivity contribution in [2.45, 2.75) is 58.4 Å². The Balaban J connectivity index is 0.000000604. The van der Waals surface area contributed by atoms with E-state index in [0.717, 1.165) is 24.0 Å². The summed E-state index contributed by atoms with van der Waals surface area (Å²) in [6.07, 6.45) is 3.79. The van der Waals surface area contributed by atoms with Crippen LogP contribution in [0.15, 0.2) is 30.3 Å². The van der Waals surface area contributed by atoms with E-state index >= 15 is 0 Å². The van der Waals surface area contributed by atoms with Crippen molar-refractivity contribution < 1.29 is 29.6 Å². The molecule has 3 rings (SSSR count). The normalized spacial score (nSPS) is 14.4. The fourth-order valence-electron chi connectivity index (χ4n) is 3.87. The molecule has 0 saturated carbocycles. The summed E-state index contributed by atoms with van der Waals surface area (Å²) < 4.78 is 5.62. The lowest BCUT2D eigenvalue weighted by molar-refractivity contribution is -0.137. The first-order valence-corrected chi connectivity index (χ1v) is 12.1. The van der Waals surface area contributed by atoms with Crippen molar-refractivity contribution in [2.24, 2.45) is 0 Å². The van der Waals surface area contributed by atoms with Crippen LogP contribution in [0.4, 0.5) is 0 Å². The average molecular weight is 512 g/mol. The van der Waals surface area contributed by atoms with Gasteiger partial charge in [0.05, 0.1) is 10.0 Å². The van der Waals surface area contributed by atoms with Crippen molar-refractivity contribution in [1.82, 2.24) is 4.90 Å². The fraction of sp³-hybridized carbons (Fsp3) is 0.440. The van der Waals surface area contributed by atoms with Crippen molar-refractivity contribution in [3.63, 3.8) is 0 Å². The Labute approximate surface area is 209 Å². The predicted octanol–water partition coefficient (Wildman–Crippen LogP) is 5.45. The number of fused-ring (bicyclic) bond motifs is 1. The van der Waals surface area contributed by atoms with Crippen LogP contribution in [0, 0.1) is 0 Å². The molecule has 3 N–H and O–H groups in total. The van der Waals surface area contributed by atoms with Crippen LogP contribution in [0.3, 0.4) is 0 Å². The summed E-state index contributed by atoms with van der Waals surface area (Å²) in [6, 6.07) is 8.36. The third-order valence-corrected chi connectivity index (χ3v) is 6.09. The molecule has 9 heteroatoms. The number of amides is 1. The van der Waals surface area contributed by atoms with Crippen molar-refractivity contribution in [3.8, 4) is 17.2 Å². The van der Waals surface area contributed by atoms with Gasteiger partial charge in [-0.15, -0.1) is 0 Å². The topological polar surface area (TPSA) is 107 Å². The molecular formula is C25H31Cl2NO6. The fourth-order valence-corrected chi connectivity index (χ4v) is 4.38. The van der Waals surface area contributed by atoms with E-state index in [0.29, 0.717) is 48.0 Å². The molecular weight excluding hydrogens is 481 g/mol. The van der Waals surface area contributed by atoms with Gasteiger partial charge < -0.3 is 25.0 Å². The molecule has 1 atom stereocenters. The van der Waals surface area contributed by atoms with Gasteiger partial charge in [0, 0.05) is 24.6 Å². The van der Waals surface area contributed by atoms with Crippen molar-refractivity contribution in [3.05, 3.63) is 51.5 Å². The highest BCUT2D eigenvalue weighted by Crippen LogP contribution is 2.37. The first-order chi connectivity index (χ1) is 16.2. The molecule has 2 aromatic carbocycles. The highest BCUT2D eigenvalue weighted by atomic mass is 35.5. The molecule has 0 bridgehead atoms. The Hall–Kier alpha value is -2.64. The minimum Gasteiger partial charge on any atom is -0.504 e. The summed E-state index contributed by atoms with van der Waals surface area (Å²) in [5.41, 5.74) is 1.72. The van der Waals surface area contributed by atoms with Crippen LogP contribution in [0.25, 0.3) is 0 Å². The smallest absolute Gasteiger partial charge is 0.303 e. The van der Waals surface area contributed by atoms with Crippen LogP contribution in [-0.2, 0) is 22.4 Å². The Morgan fingerprint density at radius 3 is 2.32 bits per heavy atom. The van der Waals surface area contributed by atoms with Crippen LogP contribution >= 0.6 is 23.2 Å². The van der Waals surface area contributed by atoms with Gasteiger partial charge >= 0.3 is 5.97 Å². The molecule has 186 valence electrons. The first kappa shape index (κ1) is 27.6.